The summed E-state index contributed by atoms with van der Waals surface area (Å²) < 4.78 is 40.1. The van der Waals surface area contributed by atoms with Crippen LogP contribution in [0.25, 0.3) is 0 Å². The van der Waals surface area contributed by atoms with Crippen molar-refractivity contribution in [1.82, 2.24) is 4.90 Å². The first-order chi connectivity index (χ1) is 9.95. The van der Waals surface area contributed by atoms with Gasteiger partial charge >= 0.3 is 0 Å². The molecule has 1 heterocycles. The van der Waals surface area contributed by atoms with Crippen LogP contribution in [0.1, 0.15) is 29.6 Å². The Bertz CT molecular complexity index is 550. The smallest absolute Gasteiger partial charge is 0.257 e. The number of piperidine rings is 1. The lowest BCUT2D eigenvalue weighted by atomic mass is 9.94. The molecule has 0 spiro atoms. The summed E-state index contributed by atoms with van der Waals surface area (Å²) in [5.74, 6) is -6.57. The van der Waals surface area contributed by atoms with Crippen LogP contribution in [0.5, 0.6) is 5.75 Å². The second-order valence-electron chi connectivity index (χ2n) is 5.22. The van der Waals surface area contributed by atoms with Gasteiger partial charge in [-0.05, 0) is 37.8 Å². The SMILES string of the molecule is NCCC1CCCN(C(=O)c2cc(F)c(F)c(O)c2F)C1. The van der Waals surface area contributed by atoms with E-state index >= 15 is 0 Å². The fourth-order valence-corrected chi connectivity index (χ4v) is 2.64. The molecule has 0 saturated carbocycles. The normalized spacial score (nSPS) is 18.9. The van der Waals surface area contributed by atoms with Gasteiger partial charge in [-0.2, -0.15) is 4.39 Å². The van der Waals surface area contributed by atoms with Gasteiger partial charge in [0.25, 0.3) is 5.91 Å². The maximum absolute atomic E-state index is 13.8. The van der Waals surface area contributed by atoms with E-state index < -0.39 is 34.7 Å². The van der Waals surface area contributed by atoms with Gasteiger partial charge in [0.05, 0.1) is 5.56 Å². The van der Waals surface area contributed by atoms with Crippen LogP contribution >= 0.6 is 0 Å². The maximum Gasteiger partial charge on any atom is 0.257 e. The van der Waals surface area contributed by atoms with E-state index in [-0.39, 0.29) is 5.92 Å². The number of carbonyl (C=O) groups is 1. The molecule has 0 radical (unpaired) electrons. The third-order valence-corrected chi connectivity index (χ3v) is 3.74. The van der Waals surface area contributed by atoms with E-state index in [0.717, 1.165) is 19.3 Å². The summed E-state index contributed by atoms with van der Waals surface area (Å²) in [6.07, 6.45) is 2.41. The Balaban J connectivity index is 2.24. The first kappa shape index (κ1) is 15.6. The molecule has 0 aromatic heterocycles. The number of benzene rings is 1. The van der Waals surface area contributed by atoms with Crippen molar-refractivity contribution in [3.63, 3.8) is 0 Å². The van der Waals surface area contributed by atoms with Gasteiger partial charge in [0.1, 0.15) is 0 Å². The summed E-state index contributed by atoms with van der Waals surface area (Å²) in [4.78, 5) is 13.6. The Morgan fingerprint density at radius 2 is 2.10 bits per heavy atom. The number of carbonyl (C=O) groups excluding carboxylic acids is 1. The number of likely N-dealkylation sites (tertiary alicyclic amines) is 1. The Morgan fingerprint density at radius 3 is 2.76 bits per heavy atom. The van der Waals surface area contributed by atoms with E-state index in [1.165, 1.54) is 4.90 Å². The Kier molecular flexibility index (Phi) is 4.72. The Hall–Kier alpha value is -1.76. The molecule has 0 aliphatic carbocycles. The molecule has 4 nitrogen and oxygen atoms in total. The van der Waals surface area contributed by atoms with Crippen LogP contribution in [0.3, 0.4) is 0 Å². The van der Waals surface area contributed by atoms with Crippen LogP contribution in [-0.4, -0.2) is 35.5 Å². The average Bonchev–Trinajstić information content (AvgIpc) is 2.49. The number of aromatic hydroxyl groups is 1. The third kappa shape index (κ3) is 3.12. The van der Waals surface area contributed by atoms with E-state index in [2.05, 4.69) is 0 Å². The second-order valence-corrected chi connectivity index (χ2v) is 5.22. The number of nitrogens with zero attached hydrogens (tertiary/aromatic N) is 1. The van der Waals surface area contributed by atoms with E-state index in [1.54, 1.807) is 0 Å². The van der Waals surface area contributed by atoms with Gasteiger partial charge in [0.15, 0.2) is 17.4 Å². The number of halogens is 3. The van der Waals surface area contributed by atoms with Crippen LogP contribution in [0.15, 0.2) is 6.07 Å². The first-order valence-corrected chi connectivity index (χ1v) is 6.81. The highest BCUT2D eigenvalue weighted by Gasteiger charge is 2.29. The molecule has 2 rings (SSSR count). The van der Waals surface area contributed by atoms with Gasteiger partial charge in [-0.1, -0.05) is 0 Å². The number of hydrogen-bond donors (Lipinski definition) is 2. The number of nitrogens with two attached hydrogens (primary N) is 1. The molecule has 0 bridgehead atoms. The zero-order valence-electron chi connectivity index (χ0n) is 11.4. The molecule has 7 heteroatoms. The van der Waals surface area contributed by atoms with Crippen LogP contribution < -0.4 is 5.73 Å². The fraction of sp³-hybridized carbons (Fsp3) is 0.500. The molecule has 1 saturated heterocycles. The van der Waals surface area contributed by atoms with Crippen molar-refractivity contribution >= 4 is 5.91 Å². The molecule has 1 aliphatic heterocycles. The maximum atomic E-state index is 13.8. The summed E-state index contributed by atoms with van der Waals surface area (Å²) in [7, 11) is 0. The minimum absolute atomic E-state index is 0.217. The first-order valence-electron chi connectivity index (χ1n) is 6.81. The van der Waals surface area contributed by atoms with Crippen molar-refractivity contribution in [1.29, 1.82) is 0 Å². The molecule has 21 heavy (non-hydrogen) atoms. The highest BCUT2D eigenvalue weighted by molar-refractivity contribution is 5.95. The van der Waals surface area contributed by atoms with Crippen LogP contribution in [0.4, 0.5) is 13.2 Å². The Morgan fingerprint density at radius 1 is 1.38 bits per heavy atom. The summed E-state index contributed by atoms with van der Waals surface area (Å²) in [6, 6.07) is 0.485. The zero-order valence-corrected chi connectivity index (χ0v) is 11.4. The minimum atomic E-state index is -1.69. The van der Waals surface area contributed by atoms with Crippen molar-refractivity contribution in [2.24, 2.45) is 11.7 Å². The predicted molar refractivity (Wildman–Crippen MR) is 70.3 cm³/mol. The van der Waals surface area contributed by atoms with Crippen LogP contribution in [-0.2, 0) is 0 Å². The highest BCUT2D eigenvalue weighted by Crippen LogP contribution is 2.28. The topological polar surface area (TPSA) is 66.6 Å². The van der Waals surface area contributed by atoms with Gasteiger partial charge in [0.2, 0.25) is 5.82 Å². The van der Waals surface area contributed by atoms with E-state index in [0.29, 0.717) is 25.7 Å². The summed E-state index contributed by atoms with van der Waals surface area (Å²) in [5, 5.41) is 9.17. The molecule has 3 N–H and O–H groups in total. The second kappa shape index (κ2) is 6.34. The lowest BCUT2D eigenvalue weighted by Gasteiger charge is -2.32. The molecule has 116 valence electrons. The number of rotatable bonds is 3. The lowest BCUT2D eigenvalue weighted by Crippen LogP contribution is -2.40. The molecular formula is C14H17F3N2O2. The largest absolute Gasteiger partial charge is 0.503 e. The molecule has 1 amide bonds. The fourth-order valence-electron chi connectivity index (χ4n) is 2.64. The van der Waals surface area contributed by atoms with Gasteiger partial charge < -0.3 is 15.7 Å². The van der Waals surface area contributed by atoms with Crippen LogP contribution in [0.2, 0.25) is 0 Å². The number of phenols is 1. The zero-order chi connectivity index (χ0) is 15.6. The predicted octanol–water partition coefficient (Wildman–Crippen LogP) is 2.01. The van der Waals surface area contributed by atoms with Crippen molar-refractivity contribution < 1.29 is 23.1 Å². The average molecular weight is 302 g/mol. The summed E-state index contributed by atoms with van der Waals surface area (Å²) in [6.45, 7) is 1.31. The third-order valence-electron chi connectivity index (χ3n) is 3.74. The van der Waals surface area contributed by atoms with Gasteiger partial charge in [-0.15, -0.1) is 0 Å². The number of phenolic OH excluding ortho intramolecular Hbond substituents is 1. The lowest BCUT2D eigenvalue weighted by molar-refractivity contribution is 0.0663. The molecule has 1 unspecified atom stereocenters. The molecule has 1 aromatic carbocycles. The van der Waals surface area contributed by atoms with Crippen LogP contribution in [0, 0.1) is 23.4 Å². The van der Waals surface area contributed by atoms with Crippen molar-refractivity contribution in [2.45, 2.75) is 19.3 Å². The summed E-state index contributed by atoms with van der Waals surface area (Å²) in [5.41, 5.74) is 4.83. The molecule has 1 aliphatic rings. The van der Waals surface area contributed by atoms with Crippen molar-refractivity contribution in [3.05, 3.63) is 29.1 Å². The van der Waals surface area contributed by atoms with Crippen molar-refractivity contribution in [3.8, 4) is 5.75 Å². The van der Waals surface area contributed by atoms with Gasteiger partial charge in [0, 0.05) is 13.1 Å². The molecule has 1 aromatic rings. The number of hydrogen-bond acceptors (Lipinski definition) is 3. The molecular weight excluding hydrogens is 285 g/mol. The van der Waals surface area contributed by atoms with Crippen molar-refractivity contribution in [2.75, 3.05) is 19.6 Å². The number of amides is 1. The summed E-state index contributed by atoms with van der Waals surface area (Å²) >= 11 is 0. The van der Waals surface area contributed by atoms with E-state index in [4.69, 9.17) is 5.73 Å². The van der Waals surface area contributed by atoms with E-state index in [1.807, 2.05) is 0 Å². The minimum Gasteiger partial charge on any atom is -0.503 e. The molecule has 1 atom stereocenters. The van der Waals surface area contributed by atoms with Gasteiger partial charge in [-0.3, -0.25) is 4.79 Å². The Labute approximate surface area is 120 Å². The monoisotopic (exact) mass is 302 g/mol. The quantitative estimate of drug-likeness (QED) is 0.839. The van der Waals surface area contributed by atoms with Gasteiger partial charge in [-0.25, -0.2) is 8.78 Å². The molecule has 1 fully saturated rings. The van der Waals surface area contributed by atoms with E-state index in [9.17, 15) is 23.1 Å². The standard InChI is InChI=1S/C14H17F3N2O2/c15-10-6-9(11(16)13(20)12(10)17)14(21)19-5-1-2-8(7-19)3-4-18/h6,8,20H,1-5,7,18H2. The highest BCUT2D eigenvalue weighted by atomic mass is 19.2.